The number of carbonyl (C=O) groups is 1. The molecule has 1 fully saturated rings. The van der Waals surface area contributed by atoms with Gasteiger partial charge in [-0.2, -0.15) is 0 Å². The first-order chi connectivity index (χ1) is 12.2. The van der Waals surface area contributed by atoms with Crippen LogP contribution in [0.4, 0.5) is 11.5 Å². The van der Waals surface area contributed by atoms with E-state index in [0.717, 1.165) is 48.6 Å². The molecule has 0 radical (unpaired) electrons. The van der Waals surface area contributed by atoms with Crippen molar-refractivity contribution in [3.05, 3.63) is 43.0 Å². The molecule has 7 nitrogen and oxygen atoms in total. The Labute approximate surface area is 145 Å². The van der Waals surface area contributed by atoms with Gasteiger partial charge in [0.15, 0.2) is 17.0 Å². The zero-order valence-electron chi connectivity index (χ0n) is 14.1. The minimum absolute atomic E-state index is 0.0255. The second kappa shape index (κ2) is 6.51. The van der Waals surface area contributed by atoms with Crippen molar-refractivity contribution in [2.45, 2.75) is 12.8 Å². The van der Waals surface area contributed by atoms with Gasteiger partial charge in [-0.15, -0.1) is 0 Å². The van der Waals surface area contributed by atoms with E-state index in [1.807, 2.05) is 41.9 Å². The normalized spacial score (nSPS) is 15.5. The summed E-state index contributed by atoms with van der Waals surface area (Å²) in [4.78, 5) is 27.8. The lowest BCUT2D eigenvalue weighted by Gasteiger charge is -2.32. The molecule has 3 heterocycles. The topological polar surface area (TPSA) is 75.9 Å². The standard InChI is InChI=1S/C18H20N6O/c1-23-12-21-15-16(23)19-11-20-17(15)24-9-7-13(8-10-24)18(25)22-14-5-3-2-4-6-14/h2-6,11-13H,7-10H2,1H3,(H,22,25). The second-order valence-electron chi connectivity index (χ2n) is 6.34. The van der Waals surface area contributed by atoms with Gasteiger partial charge in [0, 0.05) is 31.7 Å². The van der Waals surface area contributed by atoms with Gasteiger partial charge < -0.3 is 14.8 Å². The molecular formula is C18H20N6O. The number of imidazole rings is 1. The highest BCUT2D eigenvalue weighted by Gasteiger charge is 2.27. The molecule has 1 saturated heterocycles. The van der Waals surface area contributed by atoms with Crippen molar-refractivity contribution in [2.75, 3.05) is 23.3 Å². The SMILES string of the molecule is Cn1cnc2c(N3CCC(C(=O)Nc4ccccc4)CC3)ncnc21. The van der Waals surface area contributed by atoms with Gasteiger partial charge in [-0.3, -0.25) is 4.79 Å². The fraction of sp³-hybridized carbons (Fsp3) is 0.333. The van der Waals surface area contributed by atoms with Crippen LogP contribution in [0.2, 0.25) is 0 Å². The minimum atomic E-state index is 0.0255. The van der Waals surface area contributed by atoms with Crippen LogP contribution in [0.15, 0.2) is 43.0 Å². The maximum absolute atomic E-state index is 12.5. The van der Waals surface area contributed by atoms with E-state index in [-0.39, 0.29) is 11.8 Å². The van der Waals surface area contributed by atoms with Crippen molar-refractivity contribution >= 4 is 28.6 Å². The first kappa shape index (κ1) is 15.6. The Kier molecular flexibility index (Phi) is 4.05. The molecule has 1 aliphatic rings. The van der Waals surface area contributed by atoms with Crippen LogP contribution in [-0.2, 0) is 11.8 Å². The third-order valence-corrected chi connectivity index (χ3v) is 4.68. The van der Waals surface area contributed by atoms with Gasteiger partial charge >= 0.3 is 0 Å². The second-order valence-corrected chi connectivity index (χ2v) is 6.34. The molecule has 0 atom stereocenters. The van der Waals surface area contributed by atoms with E-state index in [4.69, 9.17) is 0 Å². The summed E-state index contributed by atoms with van der Waals surface area (Å²) in [5.74, 6) is 0.974. The molecule has 7 heteroatoms. The van der Waals surface area contributed by atoms with Crippen molar-refractivity contribution in [3.8, 4) is 0 Å². The Balaban J connectivity index is 1.43. The number of nitrogens with one attached hydrogen (secondary N) is 1. The first-order valence-corrected chi connectivity index (χ1v) is 8.45. The smallest absolute Gasteiger partial charge is 0.227 e. The Morgan fingerprint density at radius 2 is 1.88 bits per heavy atom. The minimum Gasteiger partial charge on any atom is -0.355 e. The Morgan fingerprint density at radius 1 is 1.12 bits per heavy atom. The van der Waals surface area contributed by atoms with Crippen LogP contribution >= 0.6 is 0 Å². The number of para-hydroxylation sites is 1. The molecule has 0 spiro atoms. The van der Waals surface area contributed by atoms with Crippen LogP contribution in [0, 0.1) is 5.92 Å². The van der Waals surface area contributed by atoms with Gasteiger partial charge in [-0.05, 0) is 25.0 Å². The summed E-state index contributed by atoms with van der Waals surface area (Å²) < 4.78 is 1.89. The number of anilines is 2. The number of aryl methyl sites for hydroxylation is 1. The van der Waals surface area contributed by atoms with E-state index >= 15 is 0 Å². The molecule has 0 aliphatic carbocycles. The third-order valence-electron chi connectivity index (χ3n) is 4.68. The average Bonchev–Trinajstić information content (AvgIpc) is 3.04. The highest BCUT2D eigenvalue weighted by atomic mass is 16.1. The average molecular weight is 336 g/mol. The molecule has 128 valence electrons. The van der Waals surface area contributed by atoms with Crippen molar-refractivity contribution in [3.63, 3.8) is 0 Å². The molecular weight excluding hydrogens is 316 g/mol. The Morgan fingerprint density at radius 3 is 2.64 bits per heavy atom. The lowest BCUT2D eigenvalue weighted by molar-refractivity contribution is -0.120. The van der Waals surface area contributed by atoms with Crippen LogP contribution in [0.25, 0.3) is 11.2 Å². The quantitative estimate of drug-likeness (QED) is 0.794. The number of hydrogen-bond acceptors (Lipinski definition) is 5. The van der Waals surface area contributed by atoms with E-state index in [1.165, 1.54) is 0 Å². The number of fused-ring (bicyclic) bond motifs is 1. The number of hydrogen-bond donors (Lipinski definition) is 1. The zero-order chi connectivity index (χ0) is 17.2. The van der Waals surface area contributed by atoms with Gasteiger partial charge in [0.1, 0.15) is 6.33 Å². The summed E-state index contributed by atoms with van der Waals surface area (Å²) in [5, 5.41) is 3.00. The number of amides is 1. The Hall–Kier alpha value is -2.96. The predicted octanol–water partition coefficient (Wildman–Crippen LogP) is 2.22. The molecule has 0 saturated carbocycles. The molecule has 25 heavy (non-hydrogen) atoms. The van der Waals surface area contributed by atoms with Gasteiger partial charge in [0.25, 0.3) is 0 Å². The molecule has 1 amide bonds. The van der Waals surface area contributed by atoms with Crippen molar-refractivity contribution in [2.24, 2.45) is 13.0 Å². The van der Waals surface area contributed by atoms with Crippen LogP contribution < -0.4 is 10.2 Å². The van der Waals surface area contributed by atoms with E-state index < -0.39 is 0 Å². The van der Waals surface area contributed by atoms with Crippen LogP contribution in [0.3, 0.4) is 0 Å². The van der Waals surface area contributed by atoms with Crippen LogP contribution in [0.5, 0.6) is 0 Å². The van der Waals surface area contributed by atoms with Crippen molar-refractivity contribution < 1.29 is 4.79 Å². The van der Waals surface area contributed by atoms with Gasteiger partial charge in [-0.1, -0.05) is 18.2 Å². The number of rotatable bonds is 3. The number of carbonyl (C=O) groups excluding carboxylic acids is 1. The highest BCUT2D eigenvalue weighted by Crippen LogP contribution is 2.27. The maximum atomic E-state index is 12.5. The zero-order valence-corrected chi connectivity index (χ0v) is 14.1. The summed E-state index contributed by atoms with van der Waals surface area (Å²) in [7, 11) is 1.92. The van der Waals surface area contributed by atoms with E-state index in [1.54, 1.807) is 12.7 Å². The summed E-state index contributed by atoms with van der Waals surface area (Å²) in [6.45, 7) is 1.57. The van der Waals surface area contributed by atoms with E-state index in [9.17, 15) is 4.79 Å². The summed E-state index contributed by atoms with van der Waals surface area (Å²) in [6.07, 6.45) is 4.93. The number of piperidine rings is 1. The molecule has 2 aromatic heterocycles. The van der Waals surface area contributed by atoms with Crippen LogP contribution in [-0.4, -0.2) is 38.5 Å². The predicted molar refractivity (Wildman–Crippen MR) is 96.3 cm³/mol. The molecule has 1 aromatic carbocycles. The molecule has 0 unspecified atom stereocenters. The third kappa shape index (κ3) is 3.05. The molecule has 1 aliphatic heterocycles. The van der Waals surface area contributed by atoms with E-state index in [0.29, 0.717) is 0 Å². The lowest BCUT2D eigenvalue weighted by atomic mass is 9.95. The number of nitrogens with zero attached hydrogens (tertiary/aromatic N) is 5. The molecule has 1 N–H and O–H groups in total. The lowest BCUT2D eigenvalue weighted by Crippen LogP contribution is -2.38. The fourth-order valence-corrected chi connectivity index (χ4v) is 3.28. The number of aromatic nitrogens is 4. The summed E-state index contributed by atoms with van der Waals surface area (Å²) in [5.41, 5.74) is 2.49. The molecule has 4 rings (SSSR count). The fourth-order valence-electron chi connectivity index (χ4n) is 3.28. The summed E-state index contributed by atoms with van der Waals surface area (Å²) in [6, 6.07) is 9.60. The first-order valence-electron chi connectivity index (χ1n) is 8.45. The van der Waals surface area contributed by atoms with Crippen molar-refractivity contribution in [1.29, 1.82) is 0 Å². The Bertz CT molecular complexity index is 883. The molecule has 3 aromatic rings. The maximum Gasteiger partial charge on any atom is 0.227 e. The van der Waals surface area contributed by atoms with Crippen molar-refractivity contribution in [1.82, 2.24) is 19.5 Å². The molecule has 0 bridgehead atoms. The summed E-state index contributed by atoms with van der Waals surface area (Å²) >= 11 is 0. The number of benzene rings is 1. The monoisotopic (exact) mass is 336 g/mol. The van der Waals surface area contributed by atoms with Gasteiger partial charge in [0.05, 0.1) is 6.33 Å². The van der Waals surface area contributed by atoms with Crippen LogP contribution in [0.1, 0.15) is 12.8 Å². The van der Waals surface area contributed by atoms with E-state index in [2.05, 4.69) is 25.2 Å². The highest BCUT2D eigenvalue weighted by molar-refractivity contribution is 5.92. The van der Waals surface area contributed by atoms with Gasteiger partial charge in [-0.25, -0.2) is 15.0 Å². The van der Waals surface area contributed by atoms with Gasteiger partial charge in [0.2, 0.25) is 5.91 Å². The largest absolute Gasteiger partial charge is 0.355 e.